The second-order valence-corrected chi connectivity index (χ2v) is 5.85. The van der Waals surface area contributed by atoms with Crippen molar-refractivity contribution in [1.29, 1.82) is 0 Å². The summed E-state index contributed by atoms with van der Waals surface area (Å²) in [7, 11) is 0. The number of hydrogen-bond donors (Lipinski definition) is 1. The molecule has 0 spiro atoms. The lowest BCUT2D eigenvalue weighted by Gasteiger charge is -2.23. The maximum Gasteiger partial charge on any atom is 0.282 e. The van der Waals surface area contributed by atoms with Crippen LogP contribution in [-0.4, -0.2) is 22.7 Å². The zero-order chi connectivity index (χ0) is 14.5. The number of alkyl halides is 1. The Balaban J connectivity index is 2.77. The van der Waals surface area contributed by atoms with Crippen molar-refractivity contribution in [3.05, 3.63) is 39.9 Å². The summed E-state index contributed by atoms with van der Waals surface area (Å²) in [5, 5.41) is 14.5. The standard InChI is InChI=1S/C13H17BrN2O3/c1-13(2,7-8-14)9-15-12(17)10-5-3-4-6-11(10)16(18)19/h3-6H,7-9H2,1-2H3,(H,15,17). The van der Waals surface area contributed by atoms with Crippen molar-refractivity contribution in [2.24, 2.45) is 5.41 Å². The van der Waals surface area contributed by atoms with Crippen LogP contribution in [0.3, 0.4) is 0 Å². The molecule has 104 valence electrons. The fraction of sp³-hybridized carbons (Fsp3) is 0.462. The summed E-state index contributed by atoms with van der Waals surface area (Å²) in [4.78, 5) is 22.3. The molecule has 6 heteroatoms. The van der Waals surface area contributed by atoms with Gasteiger partial charge in [0.15, 0.2) is 0 Å². The number of nitrogens with zero attached hydrogens (tertiary/aromatic N) is 1. The number of carbonyl (C=O) groups is 1. The number of hydrogen-bond acceptors (Lipinski definition) is 3. The molecule has 19 heavy (non-hydrogen) atoms. The predicted octanol–water partition coefficient (Wildman–Crippen LogP) is 3.14. The third-order valence-corrected chi connectivity index (χ3v) is 3.24. The molecule has 0 saturated carbocycles. The van der Waals surface area contributed by atoms with Gasteiger partial charge in [-0.3, -0.25) is 14.9 Å². The third kappa shape index (κ3) is 4.63. The van der Waals surface area contributed by atoms with E-state index < -0.39 is 10.8 Å². The van der Waals surface area contributed by atoms with Crippen molar-refractivity contribution < 1.29 is 9.72 Å². The van der Waals surface area contributed by atoms with Gasteiger partial charge in [-0.1, -0.05) is 41.9 Å². The van der Waals surface area contributed by atoms with Crippen LogP contribution in [0, 0.1) is 15.5 Å². The SMILES string of the molecule is CC(C)(CCBr)CNC(=O)c1ccccc1[N+](=O)[O-]. The van der Waals surface area contributed by atoms with Gasteiger partial charge in [-0.25, -0.2) is 0 Å². The Kier molecular flexibility index (Phi) is 5.47. The Morgan fingerprint density at radius 2 is 2.05 bits per heavy atom. The number of nitro benzene ring substituents is 1. The number of carbonyl (C=O) groups excluding carboxylic acids is 1. The molecule has 5 nitrogen and oxygen atoms in total. The smallest absolute Gasteiger partial charge is 0.282 e. The van der Waals surface area contributed by atoms with Gasteiger partial charge in [0.2, 0.25) is 0 Å². The van der Waals surface area contributed by atoms with Gasteiger partial charge in [0.1, 0.15) is 5.56 Å². The molecular weight excluding hydrogens is 312 g/mol. The zero-order valence-corrected chi connectivity index (χ0v) is 12.6. The van der Waals surface area contributed by atoms with Gasteiger partial charge in [-0.05, 0) is 17.9 Å². The lowest BCUT2D eigenvalue weighted by Crippen LogP contribution is -2.34. The van der Waals surface area contributed by atoms with Gasteiger partial charge in [0, 0.05) is 17.9 Å². The summed E-state index contributed by atoms with van der Waals surface area (Å²) < 4.78 is 0. The minimum atomic E-state index is -0.543. The van der Waals surface area contributed by atoms with E-state index in [1.807, 2.05) is 13.8 Å². The van der Waals surface area contributed by atoms with E-state index in [-0.39, 0.29) is 16.7 Å². The Labute approximate surface area is 120 Å². The average molecular weight is 329 g/mol. The summed E-state index contributed by atoms with van der Waals surface area (Å²) in [6.45, 7) is 4.55. The Hall–Kier alpha value is -1.43. The highest BCUT2D eigenvalue weighted by Crippen LogP contribution is 2.21. The first-order chi connectivity index (χ1) is 8.87. The molecule has 1 N–H and O–H groups in total. The highest BCUT2D eigenvalue weighted by atomic mass is 79.9. The van der Waals surface area contributed by atoms with Gasteiger partial charge in [-0.2, -0.15) is 0 Å². The molecule has 0 atom stereocenters. The second kappa shape index (κ2) is 6.65. The van der Waals surface area contributed by atoms with E-state index in [0.29, 0.717) is 6.54 Å². The molecule has 0 radical (unpaired) electrons. The van der Waals surface area contributed by atoms with Crippen molar-refractivity contribution in [1.82, 2.24) is 5.32 Å². The number of nitro groups is 1. The molecule has 1 amide bonds. The fourth-order valence-electron chi connectivity index (χ4n) is 1.58. The number of halogens is 1. The number of para-hydroxylation sites is 1. The molecule has 0 aliphatic carbocycles. The third-order valence-electron chi connectivity index (χ3n) is 2.84. The minimum Gasteiger partial charge on any atom is -0.351 e. The van der Waals surface area contributed by atoms with Crippen molar-refractivity contribution >= 4 is 27.5 Å². The van der Waals surface area contributed by atoms with Crippen molar-refractivity contribution in [3.8, 4) is 0 Å². The Bertz CT molecular complexity index is 475. The molecule has 1 aromatic carbocycles. The molecule has 0 bridgehead atoms. The number of amides is 1. The highest BCUT2D eigenvalue weighted by molar-refractivity contribution is 9.09. The van der Waals surface area contributed by atoms with Gasteiger partial charge in [-0.15, -0.1) is 0 Å². The van der Waals surface area contributed by atoms with Crippen LogP contribution in [0.2, 0.25) is 0 Å². The topological polar surface area (TPSA) is 72.2 Å². The largest absolute Gasteiger partial charge is 0.351 e. The Morgan fingerprint density at radius 1 is 1.42 bits per heavy atom. The molecule has 0 aromatic heterocycles. The van der Waals surface area contributed by atoms with Gasteiger partial charge in [0.05, 0.1) is 4.92 Å². The summed E-state index contributed by atoms with van der Waals surface area (Å²) in [6.07, 6.45) is 0.907. The normalized spacial score (nSPS) is 11.1. The van der Waals surface area contributed by atoms with E-state index in [1.165, 1.54) is 12.1 Å². The van der Waals surface area contributed by atoms with Crippen LogP contribution >= 0.6 is 15.9 Å². The van der Waals surface area contributed by atoms with Crippen LogP contribution in [-0.2, 0) is 0 Å². The second-order valence-electron chi connectivity index (χ2n) is 5.06. The van der Waals surface area contributed by atoms with Crippen molar-refractivity contribution in [2.45, 2.75) is 20.3 Å². The van der Waals surface area contributed by atoms with E-state index in [0.717, 1.165) is 11.8 Å². The number of benzene rings is 1. The first-order valence-corrected chi connectivity index (χ1v) is 7.07. The monoisotopic (exact) mass is 328 g/mol. The van der Waals surface area contributed by atoms with Crippen LogP contribution < -0.4 is 5.32 Å². The van der Waals surface area contributed by atoms with Gasteiger partial charge < -0.3 is 5.32 Å². The average Bonchev–Trinajstić information content (AvgIpc) is 2.36. The zero-order valence-electron chi connectivity index (χ0n) is 11.0. The summed E-state index contributed by atoms with van der Waals surface area (Å²) >= 11 is 3.37. The summed E-state index contributed by atoms with van der Waals surface area (Å²) in [6, 6.07) is 5.96. The molecule has 0 aliphatic rings. The molecule has 0 fully saturated rings. The molecule has 0 aliphatic heterocycles. The van der Waals surface area contributed by atoms with Crippen LogP contribution in [0.4, 0.5) is 5.69 Å². The van der Waals surface area contributed by atoms with E-state index in [9.17, 15) is 14.9 Å². The number of nitrogens with one attached hydrogen (secondary N) is 1. The molecular formula is C13H17BrN2O3. The predicted molar refractivity (Wildman–Crippen MR) is 77.6 cm³/mol. The van der Waals surface area contributed by atoms with E-state index in [2.05, 4.69) is 21.2 Å². The lowest BCUT2D eigenvalue weighted by atomic mass is 9.90. The highest BCUT2D eigenvalue weighted by Gasteiger charge is 2.22. The Morgan fingerprint density at radius 3 is 2.63 bits per heavy atom. The minimum absolute atomic E-state index is 0.0529. The lowest BCUT2D eigenvalue weighted by molar-refractivity contribution is -0.385. The van der Waals surface area contributed by atoms with Crippen LogP contribution in [0.25, 0.3) is 0 Å². The van der Waals surface area contributed by atoms with E-state index in [1.54, 1.807) is 12.1 Å². The van der Waals surface area contributed by atoms with Crippen molar-refractivity contribution in [2.75, 3.05) is 11.9 Å². The van der Waals surface area contributed by atoms with Gasteiger partial charge in [0.25, 0.3) is 11.6 Å². The van der Waals surface area contributed by atoms with E-state index in [4.69, 9.17) is 0 Å². The maximum absolute atomic E-state index is 12.0. The van der Waals surface area contributed by atoms with Crippen LogP contribution in [0.5, 0.6) is 0 Å². The quantitative estimate of drug-likeness (QED) is 0.495. The summed E-state index contributed by atoms with van der Waals surface area (Å²) in [5.41, 5.74) is -0.122. The first-order valence-electron chi connectivity index (χ1n) is 5.95. The molecule has 1 aromatic rings. The van der Waals surface area contributed by atoms with Crippen LogP contribution in [0.15, 0.2) is 24.3 Å². The summed E-state index contributed by atoms with van der Waals surface area (Å²) in [5.74, 6) is -0.407. The maximum atomic E-state index is 12.0. The van der Waals surface area contributed by atoms with Crippen molar-refractivity contribution in [3.63, 3.8) is 0 Å². The molecule has 0 heterocycles. The number of rotatable bonds is 6. The fourth-order valence-corrected chi connectivity index (χ4v) is 2.66. The molecule has 0 unspecified atom stereocenters. The first kappa shape index (κ1) is 15.6. The van der Waals surface area contributed by atoms with Gasteiger partial charge >= 0.3 is 0 Å². The van der Waals surface area contributed by atoms with E-state index >= 15 is 0 Å². The molecule has 1 rings (SSSR count). The van der Waals surface area contributed by atoms with Crippen LogP contribution in [0.1, 0.15) is 30.6 Å². The molecule has 0 saturated heterocycles.